The second kappa shape index (κ2) is 5.22. The lowest BCUT2D eigenvalue weighted by Gasteiger charge is -2.08. The molecule has 2 aromatic rings. The second-order valence-electron chi connectivity index (χ2n) is 4.38. The van der Waals surface area contributed by atoms with Crippen molar-refractivity contribution in [1.29, 1.82) is 0 Å². The van der Waals surface area contributed by atoms with Gasteiger partial charge in [0.15, 0.2) is 0 Å². The van der Waals surface area contributed by atoms with Gasteiger partial charge >= 0.3 is 5.97 Å². The second-order valence-corrected chi connectivity index (χ2v) is 4.38. The van der Waals surface area contributed by atoms with Crippen LogP contribution >= 0.6 is 0 Å². The van der Waals surface area contributed by atoms with Crippen molar-refractivity contribution in [2.75, 3.05) is 0 Å². The van der Waals surface area contributed by atoms with Gasteiger partial charge in [0.1, 0.15) is 5.82 Å². The molecule has 1 aromatic heterocycles. The Bertz CT molecular complexity index is 590. The van der Waals surface area contributed by atoms with Gasteiger partial charge in [0.05, 0.1) is 17.3 Å². The fourth-order valence-electron chi connectivity index (χ4n) is 2.08. The number of rotatable bonds is 4. The summed E-state index contributed by atoms with van der Waals surface area (Å²) in [6, 6.07) is 7.72. The van der Waals surface area contributed by atoms with Gasteiger partial charge in [-0.15, -0.1) is 0 Å². The molecule has 1 heterocycles. The third-order valence-electron chi connectivity index (χ3n) is 3.12. The molecule has 1 unspecified atom stereocenters. The summed E-state index contributed by atoms with van der Waals surface area (Å²) < 4.78 is 14.4. The van der Waals surface area contributed by atoms with Gasteiger partial charge in [-0.25, -0.2) is 4.39 Å². The molecule has 19 heavy (non-hydrogen) atoms. The Hall–Kier alpha value is -2.17. The zero-order chi connectivity index (χ0) is 14.0. The first kappa shape index (κ1) is 13.3. The number of aromatic nitrogens is 2. The Kier molecular flexibility index (Phi) is 3.64. The molecule has 1 aromatic carbocycles. The number of halogens is 1. The molecule has 1 N–H and O–H groups in total. The largest absolute Gasteiger partial charge is 0.481 e. The van der Waals surface area contributed by atoms with Gasteiger partial charge in [-0.1, -0.05) is 6.92 Å². The van der Waals surface area contributed by atoms with E-state index in [0.717, 1.165) is 5.56 Å². The Balaban J connectivity index is 2.40. The van der Waals surface area contributed by atoms with Gasteiger partial charge in [-0.3, -0.25) is 9.48 Å². The first-order chi connectivity index (χ1) is 9.02. The minimum atomic E-state index is -0.865. The average molecular weight is 262 g/mol. The minimum absolute atomic E-state index is 0.308. The number of carboxylic acids is 1. The molecule has 0 radical (unpaired) electrons. The zero-order valence-corrected chi connectivity index (χ0v) is 10.8. The number of aliphatic carboxylic acids is 1. The lowest BCUT2D eigenvalue weighted by Crippen LogP contribution is -2.14. The van der Waals surface area contributed by atoms with Crippen LogP contribution in [0.5, 0.6) is 0 Å². The molecule has 0 amide bonds. The summed E-state index contributed by atoms with van der Waals surface area (Å²) in [4.78, 5) is 11.2. The van der Waals surface area contributed by atoms with Crippen molar-refractivity contribution in [3.8, 4) is 11.3 Å². The van der Waals surface area contributed by atoms with Gasteiger partial charge in [0, 0.05) is 12.6 Å². The predicted molar refractivity (Wildman–Crippen MR) is 69.3 cm³/mol. The molecule has 0 bridgehead atoms. The van der Waals surface area contributed by atoms with Gasteiger partial charge in [-0.05, 0) is 36.8 Å². The molecule has 100 valence electrons. The lowest BCUT2D eigenvalue weighted by atomic mass is 10.0. The molecule has 0 aliphatic carbocycles. The Morgan fingerprint density at radius 3 is 2.58 bits per heavy atom. The van der Waals surface area contributed by atoms with Crippen molar-refractivity contribution in [3.63, 3.8) is 0 Å². The van der Waals surface area contributed by atoms with Crippen LogP contribution in [0.15, 0.2) is 30.3 Å². The molecular weight excluding hydrogens is 247 g/mol. The minimum Gasteiger partial charge on any atom is -0.481 e. The summed E-state index contributed by atoms with van der Waals surface area (Å²) >= 11 is 0. The van der Waals surface area contributed by atoms with Crippen LogP contribution in [0, 0.1) is 5.82 Å². The monoisotopic (exact) mass is 262 g/mol. The third kappa shape index (κ3) is 2.65. The number of benzene rings is 1. The summed E-state index contributed by atoms with van der Waals surface area (Å²) in [7, 11) is 1.72. The fourth-order valence-corrected chi connectivity index (χ4v) is 2.08. The highest BCUT2D eigenvalue weighted by molar-refractivity contribution is 5.76. The molecule has 5 heteroatoms. The molecule has 4 nitrogen and oxygen atoms in total. The van der Waals surface area contributed by atoms with E-state index in [9.17, 15) is 14.3 Å². The van der Waals surface area contributed by atoms with Crippen LogP contribution in [0.2, 0.25) is 0 Å². The molecular formula is C14H15FN2O2. The van der Waals surface area contributed by atoms with E-state index in [-0.39, 0.29) is 5.82 Å². The van der Waals surface area contributed by atoms with Crippen LogP contribution < -0.4 is 0 Å². The maximum atomic E-state index is 12.9. The molecule has 0 saturated heterocycles. The topological polar surface area (TPSA) is 55.1 Å². The normalized spacial score (nSPS) is 12.4. The third-order valence-corrected chi connectivity index (χ3v) is 3.12. The van der Waals surface area contributed by atoms with Gasteiger partial charge in [0.25, 0.3) is 0 Å². The Labute approximate surface area is 110 Å². The fraction of sp³-hybridized carbons (Fsp3) is 0.286. The van der Waals surface area contributed by atoms with Crippen molar-refractivity contribution in [3.05, 3.63) is 41.8 Å². The van der Waals surface area contributed by atoms with Crippen LogP contribution in [-0.4, -0.2) is 20.9 Å². The number of nitrogens with zero attached hydrogens (tertiary/aromatic N) is 2. The van der Waals surface area contributed by atoms with Crippen molar-refractivity contribution in [2.24, 2.45) is 7.05 Å². The smallest absolute Gasteiger partial charge is 0.312 e. The molecule has 1 atom stereocenters. The van der Waals surface area contributed by atoms with E-state index >= 15 is 0 Å². The number of carbonyl (C=O) groups is 1. The van der Waals surface area contributed by atoms with E-state index in [4.69, 9.17) is 0 Å². The SMILES string of the molecule is CCC(C(=O)O)c1cc(-c2ccc(F)cc2)nn1C. The highest BCUT2D eigenvalue weighted by Gasteiger charge is 2.22. The standard InChI is InChI=1S/C14H15FN2O2/c1-3-11(14(18)19)13-8-12(16-17(13)2)9-4-6-10(15)7-5-9/h4-8,11H,3H2,1-2H3,(H,18,19). The quantitative estimate of drug-likeness (QED) is 0.921. The van der Waals surface area contributed by atoms with Crippen molar-refractivity contribution < 1.29 is 14.3 Å². The number of aryl methyl sites for hydroxylation is 1. The summed E-state index contributed by atoms with van der Waals surface area (Å²) in [5.74, 6) is -1.75. The van der Waals surface area contributed by atoms with Crippen LogP contribution in [-0.2, 0) is 11.8 Å². The zero-order valence-electron chi connectivity index (χ0n) is 10.8. The van der Waals surface area contributed by atoms with Crippen LogP contribution in [0.25, 0.3) is 11.3 Å². The summed E-state index contributed by atoms with van der Waals surface area (Å²) in [6.45, 7) is 1.82. The molecule has 0 spiro atoms. The highest BCUT2D eigenvalue weighted by Crippen LogP contribution is 2.25. The number of carboxylic acid groups (broad SMARTS) is 1. The Morgan fingerprint density at radius 2 is 2.05 bits per heavy atom. The van der Waals surface area contributed by atoms with E-state index in [0.29, 0.717) is 17.8 Å². The van der Waals surface area contributed by atoms with Crippen LogP contribution in [0.1, 0.15) is 25.0 Å². The molecule has 0 saturated carbocycles. The van der Waals surface area contributed by atoms with E-state index < -0.39 is 11.9 Å². The van der Waals surface area contributed by atoms with Gasteiger partial charge < -0.3 is 5.11 Å². The van der Waals surface area contributed by atoms with Gasteiger partial charge in [0.2, 0.25) is 0 Å². The van der Waals surface area contributed by atoms with Crippen molar-refractivity contribution >= 4 is 5.97 Å². The number of hydrogen-bond acceptors (Lipinski definition) is 2. The average Bonchev–Trinajstić information content (AvgIpc) is 2.73. The maximum Gasteiger partial charge on any atom is 0.312 e. The Morgan fingerprint density at radius 1 is 1.42 bits per heavy atom. The van der Waals surface area contributed by atoms with Crippen LogP contribution in [0.4, 0.5) is 4.39 Å². The molecule has 0 aliphatic rings. The van der Waals surface area contributed by atoms with Crippen molar-refractivity contribution in [2.45, 2.75) is 19.3 Å². The summed E-state index contributed by atoms with van der Waals surface area (Å²) in [5.41, 5.74) is 2.06. The highest BCUT2D eigenvalue weighted by atomic mass is 19.1. The number of hydrogen-bond donors (Lipinski definition) is 1. The summed E-state index contributed by atoms with van der Waals surface area (Å²) in [5, 5.41) is 13.5. The molecule has 0 aliphatic heterocycles. The van der Waals surface area contributed by atoms with E-state index in [1.807, 2.05) is 6.92 Å². The lowest BCUT2D eigenvalue weighted by molar-refractivity contribution is -0.139. The first-order valence-electron chi connectivity index (χ1n) is 6.05. The van der Waals surface area contributed by atoms with E-state index in [2.05, 4.69) is 5.10 Å². The first-order valence-corrected chi connectivity index (χ1v) is 6.05. The van der Waals surface area contributed by atoms with Gasteiger partial charge in [-0.2, -0.15) is 5.10 Å². The molecule has 0 fully saturated rings. The van der Waals surface area contributed by atoms with E-state index in [1.54, 1.807) is 29.9 Å². The van der Waals surface area contributed by atoms with Crippen LogP contribution in [0.3, 0.4) is 0 Å². The molecule has 2 rings (SSSR count). The van der Waals surface area contributed by atoms with Crippen molar-refractivity contribution in [1.82, 2.24) is 9.78 Å². The maximum absolute atomic E-state index is 12.9. The summed E-state index contributed by atoms with van der Waals surface area (Å²) in [6.07, 6.45) is 0.498. The predicted octanol–water partition coefficient (Wildman–Crippen LogP) is 2.80. The van der Waals surface area contributed by atoms with E-state index in [1.165, 1.54) is 12.1 Å².